The summed E-state index contributed by atoms with van der Waals surface area (Å²) in [5.74, 6) is -1.90. The van der Waals surface area contributed by atoms with Gasteiger partial charge in [-0.05, 0) is 25.0 Å². The van der Waals surface area contributed by atoms with E-state index in [4.69, 9.17) is 5.26 Å². The number of nitriles is 1. The van der Waals surface area contributed by atoms with Crippen LogP contribution in [-0.2, 0) is 4.79 Å². The molecule has 0 N–H and O–H groups in total. The van der Waals surface area contributed by atoms with Crippen LogP contribution in [0.15, 0.2) is 28.7 Å². The summed E-state index contributed by atoms with van der Waals surface area (Å²) in [4.78, 5) is 23.3. The van der Waals surface area contributed by atoms with Gasteiger partial charge in [0.05, 0.1) is 6.07 Å². The van der Waals surface area contributed by atoms with Crippen LogP contribution in [0.4, 0.5) is 4.39 Å². The van der Waals surface area contributed by atoms with E-state index in [2.05, 4.69) is 15.9 Å². The number of unbranched alkanes of at least 4 members (excludes halogenated alkanes) is 1. The van der Waals surface area contributed by atoms with Crippen LogP contribution in [0.25, 0.3) is 0 Å². The molecule has 0 bridgehead atoms. The summed E-state index contributed by atoms with van der Waals surface area (Å²) in [5.41, 5.74) is 0.158. The highest BCUT2D eigenvalue weighted by molar-refractivity contribution is 9.10. The summed E-state index contributed by atoms with van der Waals surface area (Å²) in [7, 11) is 0. The van der Waals surface area contributed by atoms with Crippen molar-refractivity contribution in [2.45, 2.75) is 25.4 Å². The number of halogens is 2. The largest absolute Gasteiger partial charge is 0.287 e. The van der Waals surface area contributed by atoms with Crippen molar-refractivity contribution < 1.29 is 14.0 Å². The monoisotopic (exact) mass is 311 g/mol. The second-order valence-electron chi connectivity index (χ2n) is 3.69. The first-order chi connectivity index (χ1) is 8.57. The number of rotatable bonds is 6. The van der Waals surface area contributed by atoms with E-state index in [-0.39, 0.29) is 24.8 Å². The highest BCUT2D eigenvalue weighted by Gasteiger charge is 2.26. The van der Waals surface area contributed by atoms with E-state index >= 15 is 0 Å². The summed E-state index contributed by atoms with van der Waals surface area (Å²) in [6.45, 7) is 0. The lowest BCUT2D eigenvalue weighted by atomic mass is 10.0. The fourth-order valence-electron chi connectivity index (χ4n) is 1.41. The Morgan fingerprint density at radius 2 is 2.06 bits per heavy atom. The van der Waals surface area contributed by atoms with Crippen molar-refractivity contribution in [2.75, 3.05) is 0 Å². The van der Waals surface area contributed by atoms with Gasteiger partial charge in [0.1, 0.15) is 0 Å². The smallest absolute Gasteiger partial charge is 0.237 e. The lowest BCUT2D eigenvalue weighted by Gasteiger charge is -2.06. The Balaban J connectivity index is 2.70. The minimum atomic E-state index is -1.84. The highest BCUT2D eigenvalue weighted by atomic mass is 79.9. The number of carbonyl (C=O) groups is 2. The maximum absolute atomic E-state index is 13.5. The fourth-order valence-corrected chi connectivity index (χ4v) is 1.88. The number of carbonyl (C=O) groups excluding carboxylic acids is 2. The molecule has 0 aliphatic rings. The SMILES string of the molecule is N#CCCCC(F)C(=O)C(=O)c1ccccc1Br. The molecule has 1 atom stereocenters. The zero-order chi connectivity index (χ0) is 13.5. The number of benzene rings is 1. The summed E-state index contributed by atoms with van der Waals surface area (Å²) < 4.78 is 14.0. The van der Waals surface area contributed by atoms with E-state index in [0.29, 0.717) is 4.47 Å². The molecule has 0 radical (unpaired) electrons. The molecule has 0 aromatic heterocycles. The summed E-state index contributed by atoms with van der Waals surface area (Å²) in [6.07, 6.45) is -1.48. The van der Waals surface area contributed by atoms with Crippen molar-refractivity contribution >= 4 is 27.5 Å². The van der Waals surface area contributed by atoms with Crippen LogP contribution in [0.2, 0.25) is 0 Å². The molecule has 1 rings (SSSR count). The summed E-state index contributed by atoms with van der Waals surface area (Å²) in [6, 6.07) is 8.25. The first-order valence-electron chi connectivity index (χ1n) is 5.42. The number of alkyl halides is 1. The van der Waals surface area contributed by atoms with Crippen molar-refractivity contribution in [1.82, 2.24) is 0 Å². The average Bonchev–Trinajstić information content (AvgIpc) is 2.38. The molecule has 0 aliphatic heterocycles. The third-order valence-corrected chi connectivity index (χ3v) is 3.06. The standard InChI is InChI=1S/C13H11BrFNO2/c14-10-6-2-1-5-9(10)12(17)13(18)11(15)7-3-4-8-16/h1-2,5-6,11H,3-4,7H2. The lowest BCUT2D eigenvalue weighted by Crippen LogP contribution is -2.25. The molecule has 0 fully saturated rings. The van der Waals surface area contributed by atoms with Crippen LogP contribution in [0.3, 0.4) is 0 Å². The first kappa shape index (κ1) is 14.5. The van der Waals surface area contributed by atoms with E-state index in [1.54, 1.807) is 18.2 Å². The number of Topliss-reactive ketones (excluding diaryl/α,β-unsaturated/α-hetero) is 2. The Morgan fingerprint density at radius 3 is 2.67 bits per heavy atom. The number of ketones is 2. The molecule has 18 heavy (non-hydrogen) atoms. The van der Waals surface area contributed by atoms with Crippen molar-refractivity contribution in [3.05, 3.63) is 34.3 Å². The predicted molar refractivity (Wildman–Crippen MR) is 67.8 cm³/mol. The molecule has 1 aromatic carbocycles. The van der Waals surface area contributed by atoms with Gasteiger partial charge in [-0.3, -0.25) is 9.59 Å². The molecule has 3 nitrogen and oxygen atoms in total. The van der Waals surface area contributed by atoms with Gasteiger partial charge in [0.15, 0.2) is 6.17 Å². The van der Waals surface area contributed by atoms with Crippen LogP contribution in [0.1, 0.15) is 29.6 Å². The lowest BCUT2D eigenvalue weighted by molar-refractivity contribution is -0.119. The molecule has 1 unspecified atom stereocenters. The summed E-state index contributed by atoms with van der Waals surface area (Å²) in [5, 5.41) is 8.31. The van der Waals surface area contributed by atoms with Crippen LogP contribution in [-0.4, -0.2) is 17.7 Å². The Kier molecular flexibility index (Phi) is 5.66. The fraction of sp³-hybridized carbons (Fsp3) is 0.308. The van der Waals surface area contributed by atoms with Crippen LogP contribution >= 0.6 is 15.9 Å². The number of hydrogen-bond acceptors (Lipinski definition) is 3. The minimum Gasteiger partial charge on any atom is -0.287 e. The van der Waals surface area contributed by atoms with Crippen LogP contribution in [0, 0.1) is 11.3 Å². The molecule has 0 amide bonds. The summed E-state index contributed by atoms with van der Waals surface area (Å²) >= 11 is 3.14. The molecule has 0 heterocycles. The van der Waals surface area contributed by atoms with Gasteiger partial charge >= 0.3 is 0 Å². The highest BCUT2D eigenvalue weighted by Crippen LogP contribution is 2.18. The second kappa shape index (κ2) is 7.02. The van der Waals surface area contributed by atoms with Crippen molar-refractivity contribution in [1.29, 1.82) is 5.26 Å². The van der Waals surface area contributed by atoms with Gasteiger partial charge in [-0.25, -0.2) is 4.39 Å². The zero-order valence-electron chi connectivity index (χ0n) is 9.53. The second-order valence-corrected chi connectivity index (χ2v) is 4.55. The van der Waals surface area contributed by atoms with Gasteiger partial charge in [0.2, 0.25) is 11.6 Å². The molecule has 5 heteroatoms. The van der Waals surface area contributed by atoms with Crippen LogP contribution < -0.4 is 0 Å². The van der Waals surface area contributed by atoms with E-state index in [0.717, 1.165) is 0 Å². The first-order valence-corrected chi connectivity index (χ1v) is 6.21. The van der Waals surface area contributed by atoms with Gasteiger partial charge in [-0.1, -0.05) is 28.1 Å². The molecule has 0 aliphatic carbocycles. The maximum atomic E-state index is 13.5. The molecule has 0 spiro atoms. The van der Waals surface area contributed by atoms with E-state index < -0.39 is 17.7 Å². The van der Waals surface area contributed by atoms with Crippen molar-refractivity contribution in [2.24, 2.45) is 0 Å². The van der Waals surface area contributed by atoms with E-state index in [9.17, 15) is 14.0 Å². The Hall–Kier alpha value is -1.54. The molecule has 0 saturated heterocycles. The Labute approximate surface area is 113 Å². The Bertz CT molecular complexity index is 496. The van der Waals surface area contributed by atoms with Crippen LogP contribution in [0.5, 0.6) is 0 Å². The Morgan fingerprint density at radius 1 is 1.39 bits per heavy atom. The quantitative estimate of drug-likeness (QED) is 0.460. The molecular weight excluding hydrogens is 301 g/mol. The van der Waals surface area contributed by atoms with Gasteiger partial charge in [-0.15, -0.1) is 0 Å². The van der Waals surface area contributed by atoms with E-state index in [1.807, 2.05) is 6.07 Å². The normalized spacial score (nSPS) is 11.6. The van der Waals surface area contributed by atoms with Crippen molar-refractivity contribution in [3.63, 3.8) is 0 Å². The predicted octanol–water partition coefficient (Wildman–Crippen LogP) is 3.23. The average molecular weight is 312 g/mol. The van der Waals surface area contributed by atoms with Gasteiger partial charge in [0, 0.05) is 16.5 Å². The minimum absolute atomic E-state index is 0.0947. The van der Waals surface area contributed by atoms with Gasteiger partial charge in [0.25, 0.3) is 0 Å². The van der Waals surface area contributed by atoms with Gasteiger partial charge in [-0.2, -0.15) is 5.26 Å². The molecule has 1 aromatic rings. The molecule has 0 saturated carbocycles. The molecular formula is C13H11BrFNO2. The third kappa shape index (κ3) is 3.74. The van der Waals surface area contributed by atoms with E-state index in [1.165, 1.54) is 6.07 Å². The van der Waals surface area contributed by atoms with Gasteiger partial charge < -0.3 is 0 Å². The molecule has 94 valence electrons. The maximum Gasteiger partial charge on any atom is 0.237 e. The third-order valence-electron chi connectivity index (χ3n) is 2.37. The van der Waals surface area contributed by atoms with Crippen molar-refractivity contribution in [3.8, 4) is 6.07 Å². The zero-order valence-corrected chi connectivity index (χ0v) is 11.1. The topological polar surface area (TPSA) is 57.9 Å². The number of nitrogens with zero attached hydrogens (tertiary/aromatic N) is 1. The number of hydrogen-bond donors (Lipinski definition) is 0.